The fourth-order valence-electron chi connectivity index (χ4n) is 6.71. The van der Waals surface area contributed by atoms with Gasteiger partial charge in [-0.25, -0.2) is 0 Å². The van der Waals surface area contributed by atoms with E-state index < -0.39 is 0 Å². The van der Waals surface area contributed by atoms with Gasteiger partial charge in [-0.3, -0.25) is 0 Å². The number of halogens is 2. The number of furan rings is 1. The highest BCUT2D eigenvalue weighted by atomic mass is 35.5. The maximum Gasteiger partial charge on any atom is 0.128 e. The Morgan fingerprint density at radius 3 is 1.57 bits per heavy atom. The molecule has 0 bridgehead atoms. The van der Waals surface area contributed by atoms with Crippen LogP contribution in [-0.4, -0.2) is 5.11 Å². The van der Waals surface area contributed by atoms with Gasteiger partial charge in [0.15, 0.2) is 0 Å². The molecule has 56 heavy (non-hydrogen) atoms. The molecule has 0 aliphatic carbocycles. The van der Waals surface area contributed by atoms with Crippen molar-refractivity contribution in [2.24, 2.45) is 0 Å². The average Bonchev–Trinajstić information content (AvgIpc) is 3.72. The van der Waals surface area contributed by atoms with E-state index in [9.17, 15) is 5.11 Å². The molecule has 8 rings (SSSR count). The molecule has 0 radical (unpaired) electrons. The number of hydrogen-bond acceptors (Lipinski definition) is 3. The molecule has 7 aromatic carbocycles. The van der Waals surface area contributed by atoms with Crippen LogP contribution in [0.15, 0.2) is 192 Å². The highest BCUT2D eigenvalue weighted by Gasteiger charge is 2.16. The largest absolute Gasteiger partial charge is 0.457 e. The van der Waals surface area contributed by atoms with Crippen molar-refractivity contribution in [3.63, 3.8) is 0 Å². The molecule has 272 valence electrons. The van der Waals surface area contributed by atoms with Crippen molar-refractivity contribution in [3.8, 4) is 22.3 Å². The summed E-state index contributed by atoms with van der Waals surface area (Å²) >= 11 is 12.9. The highest BCUT2D eigenvalue weighted by molar-refractivity contribution is 6.36. The molecule has 0 saturated carbocycles. The summed E-state index contributed by atoms with van der Waals surface area (Å²) in [4.78, 5) is 2.07. The zero-order valence-corrected chi connectivity index (χ0v) is 31.9. The molecular weight excluding hydrogens is 729 g/mol. The fourth-order valence-corrected chi connectivity index (χ4v) is 7.20. The first kappa shape index (κ1) is 36.6. The molecule has 0 aliphatic heterocycles. The van der Waals surface area contributed by atoms with Gasteiger partial charge in [-0.1, -0.05) is 163 Å². The SMILES string of the molecule is OCc1ccc(N(c2ccc(C=Cc3ccc(C=C(c4ccc(-c5ccccc5)cc4)c4ccc(-c5ccccc5)cc4)o3)cc2)c2ccc(Cl)cc2Cl)cc1. The number of nitrogens with zero attached hydrogens (tertiary/aromatic N) is 1. The minimum Gasteiger partial charge on any atom is -0.457 e. The van der Waals surface area contributed by atoms with Crippen LogP contribution < -0.4 is 4.90 Å². The quantitative estimate of drug-likeness (QED) is 0.142. The van der Waals surface area contributed by atoms with Gasteiger partial charge in [0.2, 0.25) is 0 Å². The van der Waals surface area contributed by atoms with Crippen molar-refractivity contribution in [1.29, 1.82) is 0 Å². The molecular formula is C51H37Cl2NO2. The zero-order chi connectivity index (χ0) is 38.3. The van der Waals surface area contributed by atoms with E-state index in [4.69, 9.17) is 27.6 Å². The van der Waals surface area contributed by atoms with E-state index in [-0.39, 0.29) is 6.61 Å². The summed E-state index contributed by atoms with van der Waals surface area (Å²) in [6.45, 7) is -0.0242. The summed E-state index contributed by atoms with van der Waals surface area (Å²) in [6.07, 6.45) is 6.14. The summed E-state index contributed by atoms with van der Waals surface area (Å²) in [5.74, 6) is 1.51. The summed E-state index contributed by atoms with van der Waals surface area (Å²) in [5, 5.41) is 10.7. The van der Waals surface area contributed by atoms with Crippen molar-refractivity contribution in [2.75, 3.05) is 4.90 Å². The lowest BCUT2D eigenvalue weighted by Gasteiger charge is -2.26. The lowest BCUT2D eigenvalue weighted by molar-refractivity contribution is 0.282. The first-order chi connectivity index (χ1) is 27.5. The Balaban J connectivity index is 1.06. The molecule has 0 fully saturated rings. The predicted molar refractivity (Wildman–Crippen MR) is 235 cm³/mol. The van der Waals surface area contributed by atoms with Crippen molar-refractivity contribution >= 4 is 64.1 Å². The van der Waals surface area contributed by atoms with Gasteiger partial charge in [-0.05, 0) is 117 Å². The summed E-state index contributed by atoms with van der Waals surface area (Å²) in [7, 11) is 0. The van der Waals surface area contributed by atoms with Crippen LogP contribution in [0.4, 0.5) is 17.1 Å². The molecule has 3 nitrogen and oxygen atoms in total. The second-order valence-corrected chi connectivity index (χ2v) is 14.2. The topological polar surface area (TPSA) is 36.6 Å². The van der Waals surface area contributed by atoms with Crippen LogP contribution in [0.5, 0.6) is 0 Å². The molecule has 1 aromatic heterocycles. The standard InChI is InChI=1S/C51H37Cl2NO2/c52-44-24-32-51(50(53)33-44)54(46-27-13-37(35-55)14-28-46)45-25-11-36(12-26-45)15-29-47-30-31-48(56-47)34-49(42-20-16-40(17-21-42)38-7-3-1-4-8-38)43-22-18-41(19-23-43)39-9-5-2-6-10-39/h1-34,55H,35H2. The Bertz CT molecular complexity index is 2510. The van der Waals surface area contributed by atoms with Gasteiger partial charge in [-0.15, -0.1) is 0 Å². The van der Waals surface area contributed by atoms with Gasteiger partial charge < -0.3 is 14.4 Å². The summed E-state index contributed by atoms with van der Waals surface area (Å²) in [6, 6.07) is 63.7. The molecule has 0 amide bonds. The molecule has 1 N–H and O–H groups in total. The number of rotatable bonds is 11. The van der Waals surface area contributed by atoms with Gasteiger partial charge in [0.25, 0.3) is 0 Å². The van der Waals surface area contributed by atoms with Crippen molar-refractivity contribution in [1.82, 2.24) is 0 Å². The van der Waals surface area contributed by atoms with Crippen LogP contribution in [0.2, 0.25) is 10.0 Å². The molecule has 1 heterocycles. The second-order valence-electron chi connectivity index (χ2n) is 13.4. The van der Waals surface area contributed by atoms with E-state index in [1.807, 2.05) is 72.8 Å². The minimum absolute atomic E-state index is 0.0242. The lowest BCUT2D eigenvalue weighted by Crippen LogP contribution is -2.10. The third-order valence-electron chi connectivity index (χ3n) is 9.66. The Morgan fingerprint density at radius 2 is 1.04 bits per heavy atom. The van der Waals surface area contributed by atoms with E-state index in [1.54, 1.807) is 6.07 Å². The molecule has 0 saturated heterocycles. The van der Waals surface area contributed by atoms with E-state index in [0.29, 0.717) is 10.0 Å². The Hall–Kier alpha value is -6.36. The van der Waals surface area contributed by atoms with Crippen molar-refractivity contribution in [2.45, 2.75) is 6.61 Å². The first-order valence-electron chi connectivity index (χ1n) is 18.4. The number of hydrogen-bond donors (Lipinski definition) is 1. The summed E-state index contributed by atoms with van der Waals surface area (Å²) < 4.78 is 6.37. The Labute approximate surface area is 337 Å². The van der Waals surface area contributed by atoms with E-state index in [2.05, 4.69) is 132 Å². The van der Waals surface area contributed by atoms with E-state index >= 15 is 0 Å². The number of benzene rings is 7. The molecule has 0 atom stereocenters. The fraction of sp³-hybridized carbons (Fsp3) is 0.0196. The van der Waals surface area contributed by atoms with Crippen LogP contribution in [0.3, 0.4) is 0 Å². The summed E-state index contributed by atoms with van der Waals surface area (Å²) in [5.41, 5.74) is 12.5. The predicted octanol–water partition coefficient (Wildman–Crippen LogP) is 14.6. The lowest BCUT2D eigenvalue weighted by atomic mass is 9.93. The first-order valence-corrected chi connectivity index (χ1v) is 19.1. The maximum absolute atomic E-state index is 9.59. The average molecular weight is 767 g/mol. The zero-order valence-electron chi connectivity index (χ0n) is 30.4. The van der Waals surface area contributed by atoms with Gasteiger partial charge in [0.05, 0.1) is 17.3 Å². The monoisotopic (exact) mass is 765 g/mol. The molecule has 0 unspecified atom stereocenters. The van der Waals surface area contributed by atoms with Gasteiger partial charge in [0.1, 0.15) is 11.5 Å². The normalized spacial score (nSPS) is 11.1. The van der Waals surface area contributed by atoms with Gasteiger partial charge >= 0.3 is 0 Å². The Morgan fingerprint density at radius 1 is 0.518 bits per heavy atom. The van der Waals surface area contributed by atoms with Crippen LogP contribution >= 0.6 is 23.2 Å². The minimum atomic E-state index is -0.0242. The second kappa shape index (κ2) is 17.0. The van der Waals surface area contributed by atoms with E-state index in [0.717, 1.165) is 56.4 Å². The number of anilines is 3. The molecule has 5 heteroatoms. The van der Waals surface area contributed by atoms with Crippen molar-refractivity contribution < 1.29 is 9.52 Å². The molecule has 8 aromatic rings. The maximum atomic E-state index is 9.59. The highest BCUT2D eigenvalue weighted by Crippen LogP contribution is 2.40. The van der Waals surface area contributed by atoms with E-state index in [1.165, 1.54) is 22.3 Å². The van der Waals surface area contributed by atoms with Crippen LogP contribution in [-0.2, 0) is 6.61 Å². The third kappa shape index (κ3) is 8.47. The van der Waals surface area contributed by atoms with Crippen LogP contribution in [0, 0.1) is 0 Å². The molecule has 0 spiro atoms. The third-order valence-corrected chi connectivity index (χ3v) is 10.2. The number of aliphatic hydroxyl groups excluding tert-OH is 1. The number of aliphatic hydroxyl groups is 1. The Kier molecular flexibility index (Phi) is 11.1. The van der Waals surface area contributed by atoms with Crippen LogP contribution in [0.25, 0.3) is 46.1 Å². The van der Waals surface area contributed by atoms with Gasteiger partial charge in [-0.2, -0.15) is 0 Å². The van der Waals surface area contributed by atoms with Gasteiger partial charge in [0, 0.05) is 16.4 Å². The molecule has 0 aliphatic rings. The van der Waals surface area contributed by atoms with Crippen LogP contribution in [0.1, 0.15) is 33.8 Å². The smallest absolute Gasteiger partial charge is 0.128 e. The van der Waals surface area contributed by atoms with Crippen molar-refractivity contribution in [3.05, 3.63) is 232 Å².